The van der Waals surface area contributed by atoms with Gasteiger partial charge in [0.2, 0.25) is 5.88 Å². The zero-order chi connectivity index (χ0) is 18.6. The predicted octanol–water partition coefficient (Wildman–Crippen LogP) is 3.49. The number of halogens is 1. The smallest absolute Gasteiger partial charge is 0.338 e. The van der Waals surface area contributed by atoms with Gasteiger partial charge in [-0.25, -0.2) is 4.79 Å². The minimum atomic E-state index is -0.657. The first-order valence-electron chi connectivity index (χ1n) is 7.79. The van der Waals surface area contributed by atoms with Crippen molar-refractivity contribution in [2.24, 2.45) is 5.73 Å². The molecule has 0 spiro atoms. The van der Waals surface area contributed by atoms with Crippen molar-refractivity contribution in [3.8, 4) is 11.8 Å². The minimum Gasteiger partial charge on any atom is -0.496 e. The standard InChI is InChI=1S/C18H19BrN2O4/c1-4-13-16(18(22)24-5-2)15(11(9-20)17(21)25-13)10-6-7-14(23-3)12(19)8-10/h6-8,15H,4-5,21H2,1-3H3/t15-/m0/s1. The largest absolute Gasteiger partial charge is 0.496 e. The molecule has 1 atom stereocenters. The van der Waals surface area contributed by atoms with E-state index in [4.69, 9.17) is 19.9 Å². The van der Waals surface area contributed by atoms with Crippen LogP contribution >= 0.6 is 15.9 Å². The number of hydrogen-bond donors (Lipinski definition) is 1. The number of benzene rings is 1. The third-order valence-electron chi connectivity index (χ3n) is 3.82. The molecule has 0 unspecified atom stereocenters. The number of nitrogens with two attached hydrogens (primary N) is 1. The number of carbonyl (C=O) groups is 1. The summed E-state index contributed by atoms with van der Waals surface area (Å²) >= 11 is 3.43. The van der Waals surface area contributed by atoms with E-state index in [0.29, 0.717) is 33.5 Å². The van der Waals surface area contributed by atoms with Crippen molar-refractivity contribution in [1.29, 1.82) is 5.26 Å². The van der Waals surface area contributed by atoms with Crippen LogP contribution in [-0.2, 0) is 14.3 Å². The Kier molecular flexibility index (Phi) is 6.10. The Balaban J connectivity index is 2.66. The molecule has 25 heavy (non-hydrogen) atoms. The number of hydrogen-bond acceptors (Lipinski definition) is 6. The highest BCUT2D eigenvalue weighted by Gasteiger charge is 2.37. The van der Waals surface area contributed by atoms with E-state index in [1.54, 1.807) is 32.2 Å². The van der Waals surface area contributed by atoms with E-state index in [1.807, 2.05) is 6.92 Å². The summed E-state index contributed by atoms with van der Waals surface area (Å²) in [5, 5.41) is 9.57. The molecule has 1 aromatic rings. The molecule has 1 aliphatic rings. The monoisotopic (exact) mass is 406 g/mol. The molecule has 6 nitrogen and oxygen atoms in total. The number of carbonyl (C=O) groups excluding carboxylic acids is 1. The van der Waals surface area contributed by atoms with Crippen LogP contribution in [0.15, 0.2) is 45.5 Å². The lowest BCUT2D eigenvalue weighted by molar-refractivity contribution is -0.139. The van der Waals surface area contributed by atoms with Gasteiger partial charge in [-0.1, -0.05) is 13.0 Å². The molecule has 132 valence electrons. The second kappa shape index (κ2) is 8.08. The van der Waals surface area contributed by atoms with Gasteiger partial charge in [-0.3, -0.25) is 0 Å². The summed E-state index contributed by atoms with van der Waals surface area (Å²) in [7, 11) is 1.56. The Morgan fingerprint density at radius 1 is 1.44 bits per heavy atom. The first-order chi connectivity index (χ1) is 12.0. The van der Waals surface area contributed by atoms with Crippen LogP contribution in [0.4, 0.5) is 0 Å². The predicted molar refractivity (Wildman–Crippen MR) is 95.3 cm³/mol. The van der Waals surface area contributed by atoms with Gasteiger partial charge in [-0.05, 0) is 40.5 Å². The molecule has 0 amide bonds. The van der Waals surface area contributed by atoms with Crippen LogP contribution in [-0.4, -0.2) is 19.7 Å². The molecule has 7 heteroatoms. The van der Waals surface area contributed by atoms with Gasteiger partial charge in [-0.15, -0.1) is 0 Å². The van der Waals surface area contributed by atoms with Crippen LogP contribution in [0.25, 0.3) is 0 Å². The third-order valence-corrected chi connectivity index (χ3v) is 4.44. The molecule has 0 aromatic heterocycles. The number of nitrogens with zero attached hydrogens (tertiary/aromatic N) is 1. The third kappa shape index (κ3) is 3.64. The normalized spacial score (nSPS) is 17.0. The fourth-order valence-electron chi connectivity index (χ4n) is 2.71. The molecule has 0 aliphatic carbocycles. The molecular weight excluding hydrogens is 388 g/mol. The molecule has 2 N–H and O–H groups in total. The lowest BCUT2D eigenvalue weighted by atomic mass is 9.82. The fourth-order valence-corrected chi connectivity index (χ4v) is 3.27. The molecule has 2 rings (SSSR count). The number of esters is 1. The van der Waals surface area contributed by atoms with Gasteiger partial charge in [0, 0.05) is 6.42 Å². The van der Waals surface area contributed by atoms with Gasteiger partial charge in [0.1, 0.15) is 23.2 Å². The topological polar surface area (TPSA) is 94.6 Å². The zero-order valence-corrected chi connectivity index (χ0v) is 15.8. The Bertz CT molecular complexity index is 793. The average molecular weight is 407 g/mol. The van der Waals surface area contributed by atoms with Gasteiger partial charge >= 0.3 is 5.97 Å². The van der Waals surface area contributed by atoms with E-state index >= 15 is 0 Å². The summed E-state index contributed by atoms with van der Waals surface area (Å²) in [5.41, 5.74) is 7.11. The second-order valence-corrected chi connectivity index (χ2v) is 6.08. The number of ether oxygens (including phenoxy) is 3. The Labute approximate surface area is 155 Å². The highest BCUT2D eigenvalue weighted by Crippen LogP contribution is 2.42. The number of allylic oxidation sites excluding steroid dienone is 2. The molecule has 0 fully saturated rings. The summed E-state index contributed by atoms with van der Waals surface area (Å²) in [6.45, 7) is 3.79. The summed E-state index contributed by atoms with van der Waals surface area (Å²) < 4.78 is 16.7. The van der Waals surface area contributed by atoms with E-state index in [-0.39, 0.29) is 18.1 Å². The maximum Gasteiger partial charge on any atom is 0.338 e. The SMILES string of the molecule is CCOC(=O)C1=C(CC)OC(N)=C(C#N)[C@@H]1c1ccc(OC)c(Br)c1. The van der Waals surface area contributed by atoms with Crippen LogP contribution < -0.4 is 10.5 Å². The van der Waals surface area contributed by atoms with Crippen molar-refractivity contribution in [1.82, 2.24) is 0 Å². The summed E-state index contributed by atoms with van der Waals surface area (Å²) in [6, 6.07) is 7.41. The van der Waals surface area contributed by atoms with Crippen LogP contribution in [0.2, 0.25) is 0 Å². The van der Waals surface area contributed by atoms with Crippen LogP contribution in [0.5, 0.6) is 5.75 Å². The van der Waals surface area contributed by atoms with Gasteiger partial charge in [0.25, 0.3) is 0 Å². The Morgan fingerprint density at radius 3 is 2.68 bits per heavy atom. The van der Waals surface area contributed by atoms with Crippen molar-refractivity contribution in [3.05, 3.63) is 51.0 Å². The first-order valence-corrected chi connectivity index (χ1v) is 8.58. The van der Waals surface area contributed by atoms with E-state index in [9.17, 15) is 10.1 Å². The van der Waals surface area contributed by atoms with Crippen molar-refractivity contribution < 1.29 is 19.0 Å². The van der Waals surface area contributed by atoms with Crippen LogP contribution in [0, 0.1) is 11.3 Å². The van der Waals surface area contributed by atoms with Crippen molar-refractivity contribution in [2.45, 2.75) is 26.2 Å². The van der Waals surface area contributed by atoms with Gasteiger partial charge < -0.3 is 19.9 Å². The molecule has 0 bridgehead atoms. The molecule has 0 radical (unpaired) electrons. The van der Waals surface area contributed by atoms with Crippen LogP contribution in [0.3, 0.4) is 0 Å². The maximum absolute atomic E-state index is 12.6. The van der Waals surface area contributed by atoms with Gasteiger partial charge in [0.05, 0.1) is 29.7 Å². The van der Waals surface area contributed by atoms with E-state index in [1.165, 1.54) is 0 Å². The summed E-state index contributed by atoms with van der Waals surface area (Å²) in [5.74, 6) is -0.119. The highest BCUT2D eigenvalue weighted by atomic mass is 79.9. The Morgan fingerprint density at radius 2 is 2.16 bits per heavy atom. The Hall–Kier alpha value is -2.46. The quantitative estimate of drug-likeness (QED) is 0.751. The second-order valence-electron chi connectivity index (χ2n) is 5.23. The minimum absolute atomic E-state index is 0.00402. The average Bonchev–Trinajstić information content (AvgIpc) is 2.60. The number of nitriles is 1. The highest BCUT2D eigenvalue weighted by molar-refractivity contribution is 9.10. The van der Waals surface area contributed by atoms with E-state index < -0.39 is 11.9 Å². The molecular formula is C18H19BrN2O4. The number of methoxy groups -OCH3 is 1. The first kappa shape index (κ1) is 18.9. The van der Waals surface area contributed by atoms with Gasteiger partial charge in [-0.2, -0.15) is 5.26 Å². The number of rotatable bonds is 5. The molecule has 1 aliphatic heterocycles. The van der Waals surface area contributed by atoms with E-state index in [0.717, 1.165) is 0 Å². The van der Waals surface area contributed by atoms with Gasteiger partial charge in [0.15, 0.2) is 0 Å². The maximum atomic E-state index is 12.6. The molecule has 1 aromatic carbocycles. The van der Waals surface area contributed by atoms with Crippen molar-refractivity contribution in [3.63, 3.8) is 0 Å². The zero-order valence-electron chi connectivity index (χ0n) is 14.3. The lowest BCUT2D eigenvalue weighted by Crippen LogP contribution is -2.26. The van der Waals surface area contributed by atoms with E-state index in [2.05, 4.69) is 22.0 Å². The van der Waals surface area contributed by atoms with Crippen LogP contribution in [0.1, 0.15) is 31.7 Å². The lowest BCUT2D eigenvalue weighted by Gasteiger charge is -2.28. The molecule has 0 saturated carbocycles. The summed E-state index contributed by atoms with van der Waals surface area (Å²) in [4.78, 5) is 12.6. The molecule has 0 saturated heterocycles. The van der Waals surface area contributed by atoms with Crippen molar-refractivity contribution >= 4 is 21.9 Å². The fraction of sp³-hybridized carbons (Fsp3) is 0.333. The van der Waals surface area contributed by atoms with Crippen molar-refractivity contribution in [2.75, 3.05) is 13.7 Å². The molecule has 1 heterocycles. The summed E-state index contributed by atoms with van der Waals surface area (Å²) in [6.07, 6.45) is 0.446.